The fraction of sp³-hybridized carbons (Fsp3) is 0.909. The lowest BCUT2D eigenvalue weighted by Gasteiger charge is -2.23. The van der Waals surface area contributed by atoms with Crippen LogP contribution in [0.2, 0.25) is 0 Å². The molecule has 1 saturated carbocycles. The Kier molecular flexibility index (Phi) is 2.87. The normalized spacial score (nSPS) is 27.5. The summed E-state index contributed by atoms with van der Waals surface area (Å²) in [4.78, 5) is 12.9. The maximum Gasteiger partial charge on any atom is 0.316 e. The SMILES string of the molecule is CN(C)C(=O)NC[C@H]1CC12CCNCC2. The molecule has 1 aliphatic carbocycles. The molecule has 86 valence electrons. The summed E-state index contributed by atoms with van der Waals surface area (Å²) in [5.41, 5.74) is 0.574. The van der Waals surface area contributed by atoms with Gasteiger partial charge in [0.15, 0.2) is 0 Å². The van der Waals surface area contributed by atoms with Crippen LogP contribution in [0, 0.1) is 11.3 Å². The second kappa shape index (κ2) is 4.00. The number of carbonyl (C=O) groups is 1. The standard InChI is InChI=1S/C11H21N3O/c1-14(2)10(15)13-8-9-7-11(9)3-5-12-6-4-11/h9,12H,3-8H2,1-2H3,(H,13,15)/t9-/m1/s1. The van der Waals surface area contributed by atoms with Gasteiger partial charge in [-0.2, -0.15) is 0 Å². The van der Waals surface area contributed by atoms with E-state index in [2.05, 4.69) is 10.6 Å². The zero-order valence-corrected chi connectivity index (χ0v) is 9.68. The smallest absolute Gasteiger partial charge is 0.316 e. The summed E-state index contributed by atoms with van der Waals surface area (Å²) < 4.78 is 0. The third-order valence-corrected chi connectivity index (χ3v) is 3.86. The van der Waals surface area contributed by atoms with E-state index in [0.29, 0.717) is 5.41 Å². The van der Waals surface area contributed by atoms with Crippen molar-refractivity contribution >= 4 is 6.03 Å². The lowest BCUT2D eigenvalue weighted by atomic mass is 9.92. The zero-order valence-electron chi connectivity index (χ0n) is 9.68. The van der Waals surface area contributed by atoms with E-state index in [-0.39, 0.29) is 6.03 Å². The van der Waals surface area contributed by atoms with Crippen LogP contribution in [0.5, 0.6) is 0 Å². The number of piperidine rings is 1. The number of urea groups is 1. The Hall–Kier alpha value is -0.770. The van der Waals surface area contributed by atoms with Crippen molar-refractivity contribution in [1.29, 1.82) is 0 Å². The van der Waals surface area contributed by atoms with E-state index in [4.69, 9.17) is 0 Å². The van der Waals surface area contributed by atoms with Crippen molar-refractivity contribution in [3.63, 3.8) is 0 Å². The minimum atomic E-state index is 0.0333. The van der Waals surface area contributed by atoms with E-state index in [1.807, 2.05) is 0 Å². The van der Waals surface area contributed by atoms with Crippen LogP contribution in [-0.2, 0) is 0 Å². The molecule has 0 aromatic rings. The van der Waals surface area contributed by atoms with E-state index in [1.165, 1.54) is 19.3 Å². The van der Waals surface area contributed by atoms with Crippen LogP contribution in [0.1, 0.15) is 19.3 Å². The highest BCUT2D eigenvalue weighted by atomic mass is 16.2. The fourth-order valence-electron chi connectivity index (χ4n) is 2.63. The lowest BCUT2D eigenvalue weighted by molar-refractivity contribution is 0.215. The Labute approximate surface area is 91.4 Å². The van der Waals surface area contributed by atoms with Crippen molar-refractivity contribution in [1.82, 2.24) is 15.5 Å². The van der Waals surface area contributed by atoms with Crippen LogP contribution in [0.3, 0.4) is 0 Å². The van der Waals surface area contributed by atoms with E-state index >= 15 is 0 Å². The first kappa shape index (κ1) is 10.7. The number of nitrogens with zero attached hydrogens (tertiary/aromatic N) is 1. The molecule has 4 heteroatoms. The van der Waals surface area contributed by atoms with E-state index in [9.17, 15) is 4.79 Å². The topological polar surface area (TPSA) is 44.4 Å². The largest absolute Gasteiger partial charge is 0.338 e. The number of rotatable bonds is 2. The summed E-state index contributed by atoms with van der Waals surface area (Å²) >= 11 is 0. The van der Waals surface area contributed by atoms with E-state index in [0.717, 1.165) is 25.6 Å². The van der Waals surface area contributed by atoms with Crippen LogP contribution in [0.25, 0.3) is 0 Å². The predicted octanol–water partition coefficient (Wildman–Crippen LogP) is 0.647. The lowest BCUT2D eigenvalue weighted by Crippen LogP contribution is -2.37. The first-order valence-corrected chi connectivity index (χ1v) is 5.80. The second-order valence-corrected chi connectivity index (χ2v) is 5.09. The maximum absolute atomic E-state index is 11.3. The zero-order chi connectivity index (χ0) is 10.9. The van der Waals surface area contributed by atoms with Crippen molar-refractivity contribution in [2.75, 3.05) is 33.7 Å². The molecule has 0 aromatic carbocycles. The highest BCUT2D eigenvalue weighted by molar-refractivity contribution is 5.73. The molecule has 4 nitrogen and oxygen atoms in total. The highest BCUT2D eigenvalue weighted by Gasteiger charge is 2.53. The molecule has 1 heterocycles. The molecule has 1 atom stereocenters. The molecule has 0 bridgehead atoms. The van der Waals surface area contributed by atoms with Gasteiger partial charge in [-0.25, -0.2) is 4.79 Å². The van der Waals surface area contributed by atoms with Crippen LogP contribution < -0.4 is 10.6 Å². The average Bonchev–Trinajstić information content (AvgIpc) is 2.88. The minimum Gasteiger partial charge on any atom is -0.338 e. The van der Waals surface area contributed by atoms with Crippen molar-refractivity contribution in [2.24, 2.45) is 11.3 Å². The van der Waals surface area contributed by atoms with Gasteiger partial charge in [0.1, 0.15) is 0 Å². The highest BCUT2D eigenvalue weighted by Crippen LogP contribution is 2.58. The predicted molar refractivity (Wildman–Crippen MR) is 59.7 cm³/mol. The van der Waals surface area contributed by atoms with Gasteiger partial charge < -0.3 is 15.5 Å². The molecule has 1 spiro atoms. The molecule has 2 rings (SSSR count). The van der Waals surface area contributed by atoms with Crippen molar-refractivity contribution < 1.29 is 4.79 Å². The summed E-state index contributed by atoms with van der Waals surface area (Å²) in [6.07, 6.45) is 3.88. The summed E-state index contributed by atoms with van der Waals surface area (Å²) in [5, 5.41) is 6.37. The van der Waals surface area contributed by atoms with Gasteiger partial charge in [-0.1, -0.05) is 0 Å². The number of amides is 2. The Bertz CT molecular complexity index is 246. The number of hydrogen-bond donors (Lipinski definition) is 2. The van der Waals surface area contributed by atoms with Gasteiger partial charge in [-0.15, -0.1) is 0 Å². The third-order valence-electron chi connectivity index (χ3n) is 3.86. The molecule has 2 fully saturated rings. The van der Waals surface area contributed by atoms with Gasteiger partial charge >= 0.3 is 6.03 Å². The van der Waals surface area contributed by atoms with Gasteiger partial charge in [-0.05, 0) is 43.7 Å². The first-order valence-electron chi connectivity index (χ1n) is 5.80. The monoisotopic (exact) mass is 211 g/mol. The Morgan fingerprint density at radius 2 is 2.13 bits per heavy atom. The van der Waals surface area contributed by atoms with Gasteiger partial charge in [-0.3, -0.25) is 0 Å². The van der Waals surface area contributed by atoms with Crippen LogP contribution >= 0.6 is 0 Å². The maximum atomic E-state index is 11.3. The molecule has 2 N–H and O–H groups in total. The third kappa shape index (κ3) is 2.25. The average molecular weight is 211 g/mol. The molecule has 2 amide bonds. The van der Waals surface area contributed by atoms with Crippen LogP contribution in [0.15, 0.2) is 0 Å². The van der Waals surface area contributed by atoms with Crippen LogP contribution in [0.4, 0.5) is 4.79 Å². The van der Waals surface area contributed by atoms with Gasteiger partial charge in [0.2, 0.25) is 0 Å². The minimum absolute atomic E-state index is 0.0333. The van der Waals surface area contributed by atoms with E-state index in [1.54, 1.807) is 19.0 Å². The van der Waals surface area contributed by atoms with Gasteiger partial charge in [0.05, 0.1) is 0 Å². The molecule has 1 saturated heterocycles. The number of carbonyl (C=O) groups excluding carboxylic acids is 1. The number of hydrogen-bond acceptors (Lipinski definition) is 2. The van der Waals surface area contributed by atoms with Crippen molar-refractivity contribution in [3.8, 4) is 0 Å². The Morgan fingerprint density at radius 1 is 1.47 bits per heavy atom. The molecule has 0 aromatic heterocycles. The van der Waals surface area contributed by atoms with Crippen molar-refractivity contribution in [2.45, 2.75) is 19.3 Å². The summed E-state index contributed by atoms with van der Waals surface area (Å²) in [5.74, 6) is 0.725. The molecule has 0 unspecified atom stereocenters. The first-order chi connectivity index (χ1) is 7.14. The van der Waals surface area contributed by atoms with Crippen LogP contribution in [-0.4, -0.2) is 44.7 Å². The molecule has 15 heavy (non-hydrogen) atoms. The Balaban J connectivity index is 1.72. The summed E-state index contributed by atoms with van der Waals surface area (Å²) in [6.45, 7) is 3.16. The molecular formula is C11H21N3O. The summed E-state index contributed by atoms with van der Waals surface area (Å²) in [6, 6.07) is 0.0333. The van der Waals surface area contributed by atoms with Gasteiger partial charge in [0.25, 0.3) is 0 Å². The fourth-order valence-corrected chi connectivity index (χ4v) is 2.63. The second-order valence-electron chi connectivity index (χ2n) is 5.09. The Morgan fingerprint density at radius 3 is 2.73 bits per heavy atom. The summed E-state index contributed by atoms with van der Waals surface area (Å²) in [7, 11) is 3.56. The quantitative estimate of drug-likeness (QED) is 0.704. The van der Waals surface area contributed by atoms with Crippen molar-refractivity contribution in [3.05, 3.63) is 0 Å². The number of nitrogens with one attached hydrogen (secondary N) is 2. The molecule has 2 aliphatic rings. The van der Waals surface area contributed by atoms with Gasteiger partial charge in [0, 0.05) is 20.6 Å². The molecule has 1 aliphatic heterocycles. The molecule has 0 radical (unpaired) electrons. The molecular weight excluding hydrogens is 190 g/mol. The van der Waals surface area contributed by atoms with E-state index < -0.39 is 0 Å².